The lowest BCUT2D eigenvalue weighted by Crippen LogP contribution is -2.08. The summed E-state index contributed by atoms with van der Waals surface area (Å²) in [6.07, 6.45) is 0. The number of ketones is 1. The van der Waals surface area contributed by atoms with E-state index >= 15 is 0 Å². The molecule has 0 aliphatic rings. The average molecular weight is 286 g/mol. The molecule has 0 N–H and O–H groups in total. The summed E-state index contributed by atoms with van der Waals surface area (Å²) in [5, 5.41) is 0. The molecule has 0 atom stereocenters. The predicted molar refractivity (Wildman–Crippen MR) is 83.3 cm³/mol. The van der Waals surface area contributed by atoms with Crippen LogP contribution in [0.25, 0.3) is 0 Å². The van der Waals surface area contributed by atoms with Gasteiger partial charge in [-0.1, -0.05) is 49.4 Å². The fourth-order valence-corrected chi connectivity index (χ4v) is 2.48. The number of carbonyl (C=O) groups excluding carboxylic acids is 1. The molecular formula is C17H18O2S. The summed E-state index contributed by atoms with van der Waals surface area (Å²) in [5.41, 5.74) is 1.79. The van der Waals surface area contributed by atoms with Gasteiger partial charge in [-0.05, 0) is 23.4 Å². The van der Waals surface area contributed by atoms with Gasteiger partial charge >= 0.3 is 0 Å². The molecule has 0 aliphatic heterocycles. The first-order chi connectivity index (χ1) is 9.79. The molecule has 2 aromatic rings. The minimum absolute atomic E-state index is 0.0222. The van der Waals surface area contributed by atoms with Crippen molar-refractivity contribution in [1.29, 1.82) is 0 Å². The highest BCUT2D eigenvalue weighted by Crippen LogP contribution is 2.18. The number of benzene rings is 2. The molecule has 0 aromatic heterocycles. The van der Waals surface area contributed by atoms with Crippen molar-refractivity contribution in [3.8, 4) is 0 Å². The van der Waals surface area contributed by atoms with Crippen LogP contribution in [0.2, 0.25) is 0 Å². The summed E-state index contributed by atoms with van der Waals surface area (Å²) in [5.74, 6) is 1.06. The molecule has 0 aliphatic carbocycles. The normalized spacial score (nSPS) is 10.4. The molecule has 0 spiro atoms. The van der Waals surface area contributed by atoms with Gasteiger partial charge < -0.3 is 4.74 Å². The zero-order chi connectivity index (χ0) is 14.2. The highest BCUT2D eigenvalue weighted by molar-refractivity contribution is 7.99. The third-order valence-electron chi connectivity index (χ3n) is 2.83. The van der Waals surface area contributed by atoms with Gasteiger partial charge in [0.25, 0.3) is 0 Å². The Bertz CT molecular complexity index is 535. The van der Waals surface area contributed by atoms with Crippen molar-refractivity contribution < 1.29 is 9.53 Å². The van der Waals surface area contributed by atoms with Gasteiger partial charge in [0.05, 0.1) is 6.61 Å². The summed E-state index contributed by atoms with van der Waals surface area (Å²) < 4.78 is 5.46. The van der Waals surface area contributed by atoms with Crippen LogP contribution in [0.15, 0.2) is 59.5 Å². The lowest BCUT2D eigenvalue weighted by Gasteiger charge is -2.05. The Morgan fingerprint density at radius 1 is 1.05 bits per heavy atom. The Morgan fingerprint density at radius 3 is 2.40 bits per heavy atom. The van der Waals surface area contributed by atoms with Crippen molar-refractivity contribution in [2.75, 3.05) is 12.4 Å². The van der Waals surface area contributed by atoms with Gasteiger partial charge in [-0.15, -0.1) is 11.8 Å². The van der Waals surface area contributed by atoms with Crippen molar-refractivity contribution in [3.05, 3.63) is 65.7 Å². The molecule has 0 saturated heterocycles. The van der Waals surface area contributed by atoms with Crippen LogP contribution < -0.4 is 0 Å². The number of carbonyl (C=O) groups is 1. The SMILES string of the molecule is CCSc1ccc(C(=O)COCc2ccccc2)cc1. The molecular weight excluding hydrogens is 268 g/mol. The topological polar surface area (TPSA) is 26.3 Å². The number of thioether (sulfide) groups is 1. The number of rotatable bonds is 7. The molecule has 0 unspecified atom stereocenters. The van der Waals surface area contributed by atoms with E-state index in [1.807, 2.05) is 54.6 Å². The molecule has 104 valence electrons. The summed E-state index contributed by atoms with van der Waals surface area (Å²) in [6.45, 7) is 2.70. The van der Waals surface area contributed by atoms with E-state index in [9.17, 15) is 4.79 Å². The first kappa shape index (κ1) is 14.8. The fraction of sp³-hybridized carbons (Fsp3) is 0.235. The van der Waals surface area contributed by atoms with E-state index in [0.717, 1.165) is 11.3 Å². The van der Waals surface area contributed by atoms with Gasteiger partial charge in [-0.3, -0.25) is 4.79 Å². The monoisotopic (exact) mass is 286 g/mol. The van der Waals surface area contributed by atoms with E-state index in [2.05, 4.69) is 6.92 Å². The second kappa shape index (κ2) is 7.88. The van der Waals surface area contributed by atoms with Gasteiger partial charge in [-0.25, -0.2) is 0 Å². The van der Waals surface area contributed by atoms with Crippen LogP contribution in [0.4, 0.5) is 0 Å². The third-order valence-corrected chi connectivity index (χ3v) is 3.73. The molecule has 0 radical (unpaired) electrons. The van der Waals surface area contributed by atoms with Crippen molar-refractivity contribution >= 4 is 17.5 Å². The van der Waals surface area contributed by atoms with Crippen molar-refractivity contribution in [2.45, 2.75) is 18.4 Å². The molecule has 0 fully saturated rings. The first-order valence-corrected chi connectivity index (χ1v) is 7.66. The second-order valence-corrected chi connectivity index (χ2v) is 5.70. The van der Waals surface area contributed by atoms with Gasteiger partial charge in [0.1, 0.15) is 6.61 Å². The summed E-state index contributed by atoms with van der Waals surface area (Å²) in [4.78, 5) is 13.2. The lowest BCUT2D eigenvalue weighted by molar-refractivity contribution is 0.0726. The molecule has 20 heavy (non-hydrogen) atoms. The van der Waals surface area contributed by atoms with Crippen LogP contribution >= 0.6 is 11.8 Å². The Morgan fingerprint density at radius 2 is 1.75 bits per heavy atom. The van der Waals surface area contributed by atoms with Gasteiger partial charge in [0.15, 0.2) is 5.78 Å². The maximum absolute atomic E-state index is 12.0. The minimum atomic E-state index is 0.0222. The summed E-state index contributed by atoms with van der Waals surface area (Å²) >= 11 is 1.77. The number of hydrogen-bond acceptors (Lipinski definition) is 3. The lowest BCUT2D eigenvalue weighted by atomic mass is 10.1. The minimum Gasteiger partial charge on any atom is -0.369 e. The Hall–Kier alpha value is -1.58. The molecule has 0 saturated carbocycles. The average Bonchev–Trinajstić information content (AvgIpc) is 2.49. The van der Waals surface area contributed by atoms with Crippen LogP contribution in [0, 0.1) is 0 Å². The number of ether oxygens (including phenoxy) is 1. The van der Waals surface area contributed by atoms with Gasteiger partial charge in [-0.2, -0.15) is 0 Å². The highest BCUT2D eigenvalue weighted by Gasteiger charge is 2.06. The zero-order valence-electron chi connectivity index (χ0n) is 11.5. The van der Waals surface area contributed by atoms with Crippen molar-refractivity contribution in [2.24, 2.45) is 0 Å². The Kier molecular flexibility index (Phi) is 5.84. The second-order valence-electron chi connectivity index (χ2n) is 4.36. The first-order valence-electron chi connectivity index (χ1n) is 6.67. The summed E-state index contributed by atoms with van der Waals surface area (Å²) in [6, 6.07) is 17.6. The van der Waals surface area contributed by atoms with E-state index in [1.165, 1.54) is 4.90 Å². The smallest absolute Gasteiger partial charge is 0.188 e. The molecule has 0 heterocycles. The zero-order valence-corrected chi connectivity index (χ0v) is 12.4. The number of hydrogen-bond donors (Lipinski definition) is 0. The van der Waals surface area contributed by atoms with E-state index in [-0.39, 0.29) is 12.4 Å². The van der Waals surface area contributed by atoms with E-state index in [1.54, 1.807) is 11.8 Å². The summed E-state index contributed by atoms with van der Waals surface area (Å²) in [7, 11) is 0. The Balaban J connectivity index is 1.82. The Labute approximate surface area is 124 Å². The van der Waals surface area contributed by atoms with Gasteiger partial charge in [0, 0.05) is 10.5 Å². The van der Waals surface area contributed by atoms with Crippen LogP contribution in [0.5, 0.6) is 0 Å². The molecule has 0 amide bonds. The van der Waals surface area contributed by atoms with E-state index in [0.29, 0.717) is 12.2 Å². The number of Topliss-reactive ketones (excluding diaryl/α,β-unsaturated/α-hetero) is 1. The van der Waals surface area contributed by atoms with Crippen LogP contribution in [-0.2, 0) is 11.3 Å². The third kappa shape index (κ3) is 4.51. The molecule has 0 bridgehead atoms. The van der Waals surface area contributed by atoms with Crippen molar-refractivity contribution in [1.82, 2.24) is 0 Å². The predicted octanol–water partition coefficient (Wildman–Crippen LogP) is 4.20. The standard InChI is InChI=1S/C17H18O2S/c1-2-20-16-10-8-15(9-11-16)17(18)13-19-12-14-6-4-3-5-7-14/h3-11H,2,12-13H2,1H3. The largest absolute Gasteiger partial charge is 0.369 e. The maximum Gasteiger partial charge on any atom is 0.188 e. The van der Waals surface area contributed by atoms with Crippen molar-refractivity contribution in [3.63, 3.8) is 0 Å². The molecule has 3 heteroatoms. The molecule has 2 rings (SSSR count). The molecule has 2 nitrogen and oxygen atoms in total. The van der Waals surface area contributed by atoms with Crippen LogP contribution in [0.1, 0.15) is 22.8 Å². The van der Waals surface area contributed by atoms with Crippen LogP contribution in [0.3, 0.4) is 0 Å². The highest BCUT2D eigenvalue weighted by atomic mass is 32.2. The maximum atomic E-state index is 12.0. The molecule has 2 aromatic carbocycles. The van der Waals surface area contributed by atoms with E-state index in [4.69, 9.17) is 4.74 Å². The fourth-order valence-electron chi connectivity index (χ4n) is 1.82. The van der Waals surface area contributed by atoms with E-state index < -0.39 is 0 Å². The van der Waals surface area contributed by atoms with Crippen LogP contribution in [-0.4, -0.2) is 18.1 Å². The van der Waals surface area contributed by atoms with Gasteiger partial charge in [0.2, 0.25) is 0 Å². The quantitative estimate of drug-likeness (QED) is 0.563.